The molecule has 0 saturated carbocycles. The standard InChI is InChI=1S/C43H31N/c1-43(2)38-18-7-5-16-34(38)36-26-31(21-23-39(36)43)29-13-9-14-30(25-29)32-22-24-42-37(27-32)35-17-6-8-19-41(35)44(42)40-20-10-12-28-11-3-4-15-33(28)40/h3-27H,1-2H3. The van der Waals surface area contributed by atoms with E-state index in [2.05, 4.69) is 170 Å². The molecule has 0 fully saturated rings. The summed E-state index contributed by atoms with van der Waals surface area (Å²) in [7, 11) is 0. The normalized spacial score (nSPS) is 13.4. The number of benzene rings is 7. The highest BCUT2D eigenvalue weighted by molar-refractivity contribution is 6.11. The molecule has 7 aromatic carbocycles. The van der Waals surface area contributed by atoms with E-state index in [0.717, 1.165) is 0 Å². The van der Waals surface area contributed by atoms with Gasteiger partial charge in [-0.2, -0.15) is 0 Å². The summed E-state index contributed by atoms with van der Waals surface area (Å²) in [5, 5.41) is 5.05. The Kier molecular flexibility index (Phi) is 5.31. The fourth-order valence-electron chi connectivity index (χ4n) is 7.59. The van der Waals surface area contributed by atoms with Gasteiger partial charge in [0, 0.05) is 21.6 Å². The predicted octanol–water partition coefficient (Wildman–Crippen LogP) is 11.6. The Hall–Kier alpha value is -5.40. The fraction of sp³-hybridized carbons (Fsp3) is 0.0698. The highest BCUT2D eigenvalue weighted by Gasteiger charge is 2.35. The third kappa shape index (κ3) is 3.59. The van der Waals surface area contributed by atoms with Gasteiger partial charge in [0.05, 0.1) is 16.7 Å². The molecule has 1 aromatic heterocycles. The first-order chi connectivity index (χ1) is 21.6. The molecule has 0 bridgehead atoms. The monoisotopic (exact) mass is 561 g/mol. The molecule has 0 amide bonds. The first kappa shape index (κ1) is 25.1. The van der Waals surface area contributed by atoms with Crippen LogP contribution in [0.25, 0.3) is 71.6 Å². The van der Waals surface area contributed by atoms with E-state index >= 15 is 0 Å². The average Bonchev–Trinajstić information content (AvgIpc) is 3.52. The molecule has 8 aromatic rings. The van der Waals surface area contributed by atoms with Gasteiger partial charge < -0.3 is 4.57 Å². The molecular weight excluding hydrogens is 530 g/mol. The summed E-state index contributed by atoms with van der Waals surface area (Å²) in [5.41, 5.74) is 14.2. The lowest BCUT2D eigenvalue weighted by Crippen LogP contribution is -2.14. The van der Waals surface area contributed by atoms with Crippen LogP contribution in [0.3, 0.4) is 0 Å². The molecule has 0 spiro atoms. The van der Waals surface area contributed by atoms with E-state index in [1.54, 1.807) is 0 Å². The van der Waals surface area contributed by atoms with Crippen molar-refractivity contribution in [3.8, 4) is 39.1 Å². The molecule has 1 aliphatic carbocycles. The third-order valence-electron chi connectivity index (χ3n) is 9.79. The maximum Gasteiger partial charge on any atom is 0.0541 e. The van der Waals surface area contributed by atoms with Crippen molar-refractivity contribution in [3.05, 3.63) is 163 Å². The Morgan fingerprint density at radius 1 is 0.409 bits per heavy atom. The number of nitrogens with zero attached hydrogens (tertiary/aromatic N) is 1. The van der Waals surface area contributed by atoms with Crippen molar-refractivity contribution in [2.75, 3.05) is 0 Å². The van der Waals surface area contributed by atoms with Gasteiger partial charge in [-0.3, -0.25) is 0 Å². The smallest absolute Gasteiger partial charge is 0.0541 e. The topological polar surface area (TPSA) is 4.93 Å². The van der Waals surface area contributed by atoms with Gasteiger partial charge >= 0.3 is 0 Å². The van der Waals surface area contributed by atoms with Crippen LogP contribution in [0.15, 0.2) is 152 Å². The number of rotatable bonds is 3. The van der Waals surface area contributed by atoms with Gasteiger partial charge in [0.25, 0.3) is 0 Å². The highest BCUT2D eigenvalue weighted by Crippen LogP contribution is 2.49. The number of fused-ring (bicyclic) bond motifs is 7. The summed E-state index contributed by atoms with van der Waals surface area (Å²) in [6.45, 7) is 4.68. The van der Waals surface area contributed by atoms with Crippen LogP contribution < -0.4 is 0 Å². The second-order valence-corrected chi connectivity index (χ2v) is 12.6. The zero-order chi connectivity index (χ0) is 29.4. The quantitative estimate of drug-likeness (QED) is 0.202. The van der Waals surface area contributed by atoms with Gasteiger partial charge in [-0.15, -0.1) is 0 Å². The SMILES string of the molecule is CC1(C)c2ccccc2-c2cc(-c3cccc(-c4ccc5c(c4)c4ccccc4n5-c4cccc5ccccc45)c3)ccc21. The number of para-hydroxylation sites is 1. The first-order valence-electron chi connectivity index (χ1n) is 15.4. The molecule has 0 atom stereocenters. The summed E-state index contributed by atoms with van der Waals surface area (Å²) < 4.78 is 2.43. The summed E-state index contributed by atoms with van der Waals surface area (Å²) in [6, 6.07) is 55.9. The van der Waals surface area contributed by atoms with Crippen LogP contribution in [0.2, 0.25) is 0 Å². The van der Waals surface area contributed by atoms with E-state index in [1.807, 2.05) is 0 Å². The van der Waals surface area contributed by atoms with Gasteiger partial charge in [-0.05, 0) is 86.3 Å². The summed E-state index contributed by atoms with van der Waals surface area (Å²) in [5.74, 6) is 0. The van der Waals surface area contributed by atoms with Crippen LogP contribution in [0.1, 0.15) is 25.0 Å². The van der Waals surface area contributed by atoms with Crippen LogP contribution in [-0.4, -0.2) is 4.57 Å². The molecule has 0 N–H and O–H groups in total. The van der Waals surface area contributed by atoms with E-state index in [9.17, 15) is 0 Å². The number of hydrogen-bond acceptors (Lipinski definition) is 0. The van der Waals surface area contributed by atoms with E-state index < -0.39 is 0 Å². The van der Waals surface area contributed by atoms with Crippen molar-refractivity contribution in [2.24, 2.45) is 0 Å². The molecule has 0 aliphatic heterocycles. The Morgan fingerprint density at radius 2 is 1.02 bits per heavy atom. The van der Waals surface area contributed by atoms with Crippen LogP contribution in [-0.2, 0) is 5.41 Å². The molecule has 1 heterocycles. The minimum absolute atomic E-state index is 0.0208. The van der Waals surface area contributed by atoms with Crippen molar-refractivity contribution < 1.29 is 0 Å². The van der Waals surface area contributed by atoms with Gasteiger partial charge in [-0.25, -0.2) is 0 Å². The highest BCUT2D eigenvalue weighted by atomic mass is 15.0. The Morgan fingerprint density at radius 3 is 1.91 bits per heavy atom. The lowest BCUT2D eigenvalue weighted by atomic mass is 9.82. The largest absolute Gasteiger partial charge is 0.309 e. The van der Waals surface area contributed by atoms with Crippen molar-refractivity contribution in [1.82, 2.24) is 4.57 Å². The number of hydrogen-bond donors (Lipinski definition) is 0. The fourth-order valence-corrected chi connectivity index (χ4v) is 7.59. The Balaban J connectivity index is 1.18. The second-order valence-electron chi connectivity index (χ2n) is 12.6. The minimum Gasteiger partial charge on any atom is -0.309 e. The molecule has 9 rings (SSSR count). The molecule has 1 aliphatic rings. The van der Waals surface area contributed by atoms with Crippen LogP contribution >= 0.6 is 0 Å². The minimum atomic E-state index is 0.0208. The third-order valence-corrected chi connectivity index (χ3v) is 9.79. The van der Waals surface area contributed by atoms with E-state index in [4.69, 9.17) is 0 Å². The van der Waals surface area contributed by atoms with Crippen LogP contribution in [0.5, 0.6) is 0 Å². The predicted molar refractivity (Wildman–Crippen MR) is 187 cm³/mol. The molecule has 0 radical (unpaired) electrons. The van der Waals surface area contributed by atoms with Gasteiger partial charge in [0.15, 0.2) is 0 Å². The zero-order valence-electron chi connectivity index (χ0n) is 24.9. The van der Waals surface area contributed by atoms with Gasteiger partial charge in [0.1, 0.15) is 0 Å². The van der Waals surface area contributed by atoms with E-state index in [0.29, 0.717) is 0 Å². The maximum atomic E-state index is 2.43. The summed E-state index contributed by atoms with van der Waals surface area (Å²) >= 11 is 0. The van der Waals surface area contributed by atoms with Crippen molar-refractivity contribution >= 4 is 32.6 Å². The molecular formula is C43H31N. The van der Waals surface area contributed by atoms with Gasteiger partial charge in [-0.1, -0.05) is 129 Å². The Bertz CT molecular complexity index is 2410. The molecule has 0 unspecified atom stereocenters. The molecule has 1 nitrogen and oxygen atoms in total. The second kappa shape index (κ2) is 9.30. The van der Waals surface area contributed by atoms with Crippen LogP contribution in [0, 0.1) is 0 Å². The molecule has 44 heavy (non-hydrogen) atoms. The van der Waals surface area contributed by atoms with Crippen molar-refractivity contribution in [2.45, 2.75) is 19.3 Å². The molecule has 0 saturated heterocycles. The summed E-state index contributed by atoms with van der Waals surface area (Å²) in [4.78, 5) is 0. The number of aromatic nitrogens is 1. The van der Waals surface area contributed by atoms with E-state index in [-0.39, 0.29) is 5.41 Å². The first-order valence-corrected chi connectivity index (χ1v) is 15.4. The van der Waals surface area contributed by atoms with Crippen molar-refractivity contribution in [3.63, 3.8) is 0 Å². The Labute approximate surface area is 257 Å². The van der Waals surface area contributed by atoms with E-state index in [1.165, 1.54) is 82.8 Å². The van der Waals surface area contributed by atoms with Crippen molar-refractivity contribution in [1.29, 1.82) is 0 Å². The van der Waals surface area contributed by atoms with Gasteiger partial charge in [0.2, 0.25) is 0 Å². The summed E-state index contributed by atoms with van der Waals surface area (Å²) in [6.07, 6.45) is 0. The lowest BCUT2D eigenvalue weighted by molar-refractivity contribution is 0.660. The maximum absolute atomic E-state index is 2.43. The zero-order valence-corrected chi connectivity index (χ0v) is 24.9. The molecule has 208 valence electrons. The average molecular weight is 562 g/mol. The molecule has 1 heteroatoms. The van der Waals surface area contributed by atoms with Crippen LogP contribution in [0.4, 0.5) is 0 Å². The lowest BCUT2D eigenvalue weighted by Gasteiger charge is -2.21.